The molecule has 0 N–H and O–H groups in total. The molecule has 0 aromatic carbocycles. The summed E-state index contributed by atoms with van der Waals surface area (Å²) in [6.07, 6.45) is 0.690. The van der Waals surface area contributed by atoms with Gasteiger partial charge >= 0.3 is 0 Å². The fraction of sp³-hybridized carbons (Fsp3) is 0.714. The Kier molecular flexibility index (Phi) is 1.50. The topological polar surface area (TPSA) is 38.7 Å². The Hall–Kier alpha value is -0.860. The van der Waals surface area contributed by atoms with Gasteiger partial charge in [0, 0.05) is 6.42 Å². The lowest BCUT2D eigenvalue weighted by molar-refractivity contribution is -0.128. The van der Waals surface area contributed by atoms with E-state index in [2.05, 4.69) is 4.99 Å². The highest BCUT2D eigenvalue weighted by Crippen LogP contribution is 2.19. The minimum atomic E-state index is -0.717. The van der Waals surface area contributed by atoms with E-state index in [1.807, 2.05) is 6.92 Å². The van der Waals surface area contributed by atoms with Crippen molar-refractivity contribution < 1.29 is 9.53 Å². The molecule has 1 aliphatic rings. The van der Waals surface area contributed by atoms with Crippen molar-refractivity contribution in [2.24, 2.45) is 4.99 Å². The highest BCUT2D eigenvalue weighted by Gasteiger charge is 2.36. The second-order valence-electron chi connectivity index (χ2n) is 2.78. The first-order valence-electron chi connectivity index (χ1n) is 3.37. The standard InChI is InChI=1S/C7H11NO2/c1-4-5-8-6(9)7(2,3)10-5/h4H2,1-3H3. The van der Waals surface area contributed by atoms with E-state index in [1.165, 1.54) is 0 Å². The third-order valence-electron chi connectivity index (χ3n) is 1.42. The van der Waals surface area contributed by atoms with Gasteiger partial charge in [0.1, 0.15) is 0 Å². The van der Waals surface area contributed by atoms with E-state index < -0.39 is 5.60 Å². The van der Waals surface area contributed by atoms with Gasteiger partial charge in [-0.3, -0.25) is 4.79 Å². The van der Waals surface area contributed by atoms with Crippen LogP contribution in [-0.2, 0) is 9.53 Å². The first-order chi connectivity index (χ1) is 4.56. The van der Waals surface area contributed by atoms with Gasteiger partial charge < -0.3 is 4.74 Å². The summed E-state index contributed by atoms with van der Waals surface area (Å²) in [4.78, 5) is 14.7. The number of amides is 1. The van der Waals surface area contributed by atoms with Crippen LogP contribution in [0, 0.1) is 0 Å². The molecule has 0 saturated carbocycles. The number of nitrogens with zero attached hydrogens (tertiary/aromatic N) is 1. The molecular formula is C7H11NO2. The van der Waals surface area contributed by atoms with Crippen molar-refractivity contribution >= 4 is 11.8 Å². The maximum atomic E-state index is 11.0. The summed E-state index contributed by atoms with van der Waals surface area (Å²) < 4.78 is 5.21. The molecule has 0 radical (unpaired) electrons. The molecule has 3 heteroatoms. The number of hydrogen-bond acceptors (Lipinski definition) is 2. The highest BCUT2D eigenvalue weighted by molar-refractivity contribution is 6.01. The number of hydrogen-bond donors (Lipinski definition) is 0. The number of carbonyl (C=O) groups excluding carboxylic acids is 1. The Bertz CT molecular complexity index is 194. The number of aliphatic imine (C=N–C) groups is 1. The number of carbonyl (C=O) groups is 1. The maximum Gasteiger partial charge on any atom is 0.292 e. The molecule has 1 amide bonds. The second kappa shape index (κ2) is 2.08. The molecule has 0 saturated heterocycles. The Morgan fingerprint density at radius 2 is 2.20 bits per heavy atom. The van der Waals surface area contributed by atoms with E-state index in [-0.39, 0.29) is 5.91 Å². The zero-order valence-electron chi connectivity index (χ0n) is 6.47. The Labute approximate surface area is 60.1 Å². The molecule has 1 heterocycles. The largest absolute Gasteiger partial charge is 0.465 e. The molecule has 3 nitrogen and oxygen atoms in total. The van der Waals surface area contributed by atoms with Crippen LogP contribution < -0.4 is 0 Å². The fourth-order valence-corrected chi connectivity index (χ4v) is 0.760. The minimum Gasteiger partial charge on any atom is -0.465 e. The van der Waals surface area contributed by atoms with Gasteiger partial charge in [0.15, 0.2) is 11.5 Å². The quantitative estimate of drug-likeness (QED) is 0.549. The van der Waals surface area contributed by atoms with E-state index in [0.717, 1.165) is 0 Å². The molecule has 0 fully saturated rings. The predicted molar refractivity (Wildman–Crippen MR) is 37.9 cm³/mol. The van der Waals surface area contributed by atoms with Gasteiger partial charge in [-0.05, 0) is 13.8 Å². The van der Waals surface area contributed by atoms with Gasteiger partial charge in [-0.15, -0.1) is 0 Å². The molecular weight excluding hydrogens is 130 g/mol. The molecule has 0 aliphatic carbocycles. The van der Waals surface area contributed by atoms with E-state index in [4.69, 9.17) is 4.74 Å². The lowest BCUT2D eigenvalue weighted by atomic mass is 10.1. The van der Waals surface area contributed by atoms with Crippen LogP contribution in [0.3, 0.4) is 0 Å². The van der Waals surface area contributed by atoms with Crippen LogP contribution in [-0.4, -0.2) is 17.4 Å². The van der Waals surface area contributed by atoms with Crippen LogP contribution in [0.5, 0.6) is 0 Å². The van der Waals surface area contributed by atoms with Gasteiger partial charge in [-0.25, -0.2) is 0 Å². The molecule has 0 atom stereocenters. The van der Waals surface area contributed by atoms with Crippen LogP contribution in [0.2, 0.25) is 0 Å². The fourth-order valence-electron chi connectivity index (χ4n) is 0.760. The van der Waals surface area contributed by atoms with Gasteiger partial charge in [-0.1, -0.05) is 6.92 Å². The summed E-state index contributed by atoms with van der Waals surface area (Å²) in [6, 6.07) is 0. The summed E-state index contributed by atoms with van der Waals surface area (Å²) in [5.74, 6) is 0.374. The number of rotatable bonds is 1. The molecule has 1 rings (SSSR count). The summed E-state index contributed by atoms with van der Waals surface area (Å²) in [7, 11) is 0. The lowest BCUT2D eigenvalue weighted by Gasteiger charge is -2.14. The van der Waals surface area contributed by atoms with Crippen LogP contribution in [0.25, 0.3) is 0 Å². The first-order valence-corrected chi connectivity index (χ1v) is 3.37. The Balaban J connectivity index is 2.76. The monoisotopic (exact) mass is 141 g/mol. The summed E-state index contributed by atoms with van der Waals surface area (Å²) >= 11 is 0. The van der Waals surface area contributed by atoms with Gasteiger partial charge in [0.05, 0.1) is 0 Å². The Morgan fingerprint density at radius 1 is 1.60 bits per heavy atom. The van der Waals surface area contributed by atoms with E-state index in [9.17, 15) is 4.79 Å². The normalized spacial score (nSPS) is 22.3. The SMILES string of the molecule is CCC1=NC(=O)C(C)(C)O1. The van der Waals surface area contributed by atoms with Crippen LogP contribution in [0.1, 0.15) is 27.2 Å². The van der Waals surface area contributed by atoms with Crippen LogP contribution in [0.4, 0.5) is 0 Å². The Morgan fingerprint density at radius 3 is 2.40 bits per heavy atom. The van der Waals surface area contributed by atoms with Crippen molar-refractivity contribution in [3.8, 4) is 0 Å². The maximum absolute atomic E-state index is 11.0. The van der Waals surface area contributed by atoms with Crippen LogP contribution >= 0.6 is 0 Å². The summed E-state index contributed by atoms with van der Waals surface area (Å²) in [6.45, 7) is 5.36. The molecule has 1 aliphatic heterocycles. The molecule has 0 unspecified atom stereocenters. The summed E-state index contributed by atoms with van der Waals surface area (Å²) in [5.41, 5.74) is -0.717. The van der Waals surface area contributed by atoms with E-state index in [0.29, 0.717) is 12.3 Å². The molecule has 0 aromatic heterocycles. The number of ether oxygens (including phenoxy) is 1. The minimum absolute atomic E-state index is 0.177. The van der Waals surface area contributed by atoms with Crippen molar-refractivity contribution in [1.82, 2.24) is 0 Å². The third-order valence-corrected chi connectivity index (χ3v) is 1.42. The predicted octanol–water partition coefficient (Wildman–Crippen LogP) is 1.13. The van der Waals surface area contributed by atoms with Gasteiger partial charge in [0.25, 0.3) is 5.91 Å². The van der Waals surface area contributed by atoms with Gasteiger partial charge in [0.2, 0.25) is 0 Å². The zero-order chi connectivity index (χ0) is 7.78. The molecule has 0 bridgehead atoms. The smallest absolute Gasteiger partial charge is 0.292 e. The van der Waals surface area contributed by atoms with Crippen LogP contribution in [0.15, 0.2) is 4.99 Å². The molecule has 0 spiro atoms. The van der Waals surface area contributed by atoms with Crippen molar-refractivity contribution in [1.29, 1.82) is 0 Å². The lowest BCUT2D eigenvalue weighted by Crippen LogP contribution is -2.28. The average Bonchev–Trinajstić information content (AvgIpc) is 2.08. The zero-order valence-corrected chi connectivity index (χ0v) is 6.47. The van der Waals surface area contributed by atoms with Crippen molar-refractivity contribution in [2.45, 2.75) is 32.8 Å². The van der Waals surface area contributed by atoms with Crippen molar-refractivity contribution in [3.05, 3.63) is 0 Å². The highest BCUT2D eigenvalue weighted by atomic mass is 16.5. The summed E-state index contributed by atoms with van der Waals surface area (Å²) in [5, 5.41) is 0. The van der Waals surface area contributed by atoms with E-state index >= 15 is 0 Å². The molecule has 0 aromatic rings. The second-order valence-corrected chi connectivity index (χ2v) is 2.78. The van der Waals surface area contributed by atoms with Crippen molar-refractivity contribution in [2.75, 3.05) is 0 Å². The average molecular weight is 141 g/mol. The molecule has 10 heavy (non-hydrogen) atoms. The molecule has 56 valence electrons. The van der Waals surface area contributed by atoms with Crippen molar-refractivity contribution in [3.63, 3.8) is 0 Å². The van der Waals surface area contributed by atoms with Gasteiger partial charge in [-0.2, -0.15) is 4.99 Å². The first kappa shape index (κ1) is 7.25. The van der Waals surface area contributed by atoms with E-state index in [1.54, 1.807) is 13.8 Å². The third kappa shape index (κ3) is 1.03.